The molecule has 0 spiro atoms. The minimum Gasteiger partial charge on any atom is -0.375 e. The molecule has 3 fully saturated rings. The molecule has 3 aromatic heterocycles. The smallest absolute Gasteiger partial charge is 0.140 e. The highest BCUT2D eigenvalue weighted by molar-refractivity contribution is 6.05. The molecule has 6 heteroatoms. The maximum Gasteiger partial charge on any atom is 0.140 e. The van der Waals surface area contributed by atoms with Gasteiger partial charge >= 0.3 is 0 Å². The van der Waals surface area contributed by atoms with Gasteiger partial charge in [-0.15, -0.1) is 0 Å². The number of hydrogen-bond donors (Lipinski definition) is 1. The number of nitrogens with one attached hydrogen (secondary N) is 1. The summed E-state index contributed by atoms with van der Waals surface area (Å²) < 4.78 is 18.0. The first-order chi connectivity index (χ1) is 11.8. The zero-order chi connectivity index (χ0) is 16.1. The largest absolute Gasteiger partial charge is 0.375 e. The van der Waals surface area contributed by atoms with E-state index in [1.165, 1.54) is 6.42 Å². The van der Waals surface area contributed by atoms with Gasteiger partial charge in [-0.25, -0.2) is 9.37 Å². The normalized spacial score (nSPS) is 26.0. The summed E-state index contributed by atoms with van der Waals surface area (Å²) in [6, 6.07) is 6.18. The molecule has 0 amide bonds. The number of rotatable bonds is 4. The van der Waals surface area contributed by atoms with Crippen molar-refractivity contribution >= 4 is 27.8 Å². The molecule has 2 saturated heterocycles. The van der Waals surface area contributed by atoms with Crippen LogP contribution in [-0.4, -0.2) is 47.4 Å². The molecule has 1 aliphatic carbocycles. The van der Waals surface area contributed by atoms with Gasteiger partial charge in [-0.3, -0.25) is 4.98 Å². The Labute approximate surface area is 138 Å². The number of aromatic nitrogens is 3. The van der Waals surface area contributed by atoms with Crippen molar-refractivity contribution in [3.8, 4) is 0 Å². The van der Waals surface area contributed by atoms with E-state index in [4.69, 9.17) is 9.72 Å². The van der Waals surface area contributed by atoms with Gasteiger partial charge in [0, 0.05) is 48.1 Å². The van der Waals surface area contributed by atoms with E-state index < -0.39 is 6.67 Å². The molecule has 24 heavy (non-hydrogen) atoms. The maximum absolute atomic E-state index is 12.3. The summed E-state index contributed by atoms with van der Waals surface area (Å²) in [5, 5.41) is 2.21. The van der Waals surface area contributed by atoms with E-state index in [1.54, 1.807) is 6.20 Å². The lowest BCUT2D eigenvalue weighted by atomic mass is 9.68. The first kappa shape index (κ1) is 14.2. The van der Waals surface area contributed by atoms with Gasteiger partial charge < -0.3 is 14.6 Å². The van der Waals surface area contributed by atoms with Gasteiger partial charge in [-0.2, -0.15) is 0 Å². The molecule has 2 bridgehead atoms. The van der Waals surface area contributed by atoms with Crippen molar-refractivity contribution in [3.05, 3.63) is 30.6 Å². The number of anilines is 1. The van der Waals surface area contributed by atoms with Gasteiger partial charge in [0.25, 0.3) is 0 Å². The third-order valence-corrected chi connectivity index (χ3v) is 5.40. The number of ether oxygens (including phenoxy) is 1. The van der Waals surface area contributed by atoms with Crippen molar-refractivity contribution in [2.75, 3.05) is 31.3 Å². The fourth-order valence-corrected chi connectivity index (χ4v) is 4.27. The Hall–Kier alpha value is -2.21. The number of hydrogen-bond acceptors (Lipinski definition) is 4. The van der Waals surface area contributed by atoms with Crippen molar-refractivity contribution in [1.82, 2.24) is 15.0 Å². The number of alkyl halides is 1. The van der Waals surface area contributed by atoms with Crippen LogP contribution in [0.4, 0.5) is 10.2 Å². The topological polar surface area (TPSA) is 54.0 Å². The van der Waals surface area contributed by atoms with Crippen LogP contribution in [-0.2, 0) is 4.74 Å². The van der Waals surface area contributed by atoms with Crippen LogP contribution in [0.5, 0.6) is 0 Å². The van der Waals surface area contributed by atoms with Gasteiger partial charge in [0.05, 0.1) is 18.2 Å². The second-order valence-electron chi connectivity index (χ2n) is 6.80. The first-order valence-electron chi connectivity index (χ1n) is 8.48. The summed E-state index contributed by atoms with van der Waals surface area (Å²) in [7, 11) is 0. The molecule has 3 aromatic rings. The van der Waals surface area contributed by atoms with E-state index in [0.29, 0.717) is 11.8 Å². The van der Waals surface area contributed by atoms with Crippen LogP contribution in [0.2, 0.25) is 0 Å². The molecule has 6 rings (SSSR count). The molecule has 2 aliphatic heterocycles. The fourth-order valence-electron chi connectivity index (χ4n) is 4.27. The molecule has 1 N–H and O–H groups in total. The van der Waals surface area contributed by atoms with E-state index in [1.807, 2.05) is 12.3 Å². The summed E-state index contributed by atoms with van der Waals surface area (Å²) in [5.41, 5.74) is 1.96. The minimum atomic E-state index is -0.396. The summed E-state index contributed by atoms with van der Waals surface area (Å²) in [5.74, 6) is 2.00. The number of H-pyrrole nitrogens is 1. The standard InChI is InChI=1S/C18H19FN4O/c19-4-6-24-17-11-7-12(17)10-23(9-11)16-2-1-13-14-8-20-5-3-15(14)21-18(13)22-16/h1-3,5,8,11-12,17H,4,6-7,9-10H2,(H,21,22). The SMILES string of the molecule is FCCOC1C2CC1CN(c1ccc3c(n1)[nH]c1ccncc13)C2. The van der Waals surface area contributed by atoms with Gasteiger partial charge in [0.15, 0.2) is 0 Å². The summed E-state index contributed by atoms with van der Waals surface area (Å²) in [6.45, 7) is 1.71. The second kappa shape index (κ2) is 5.41. The fraction of sp³-hybridized carbons (Fsp3) is 0.444. The van der Waals surface area contributed by atoms with Crippen molar-refractivity contribution in [1.29, 1.82) is 0 Å². The molecule has 5 heterocycles. The Kier molecular flexibility index (Phi) is 3.19. The average molecular weight is 326 g/mol. The molecule has 0 radical (unpaired) electrons. The number of fused-ring (bicyclic) bond motifs is 5. The number of pyridine rings is 2. The van der Waals surface area contributed by atoms with E-state index in [-0.39, 0.29) is 12.7 Å². The highest BCUT2D eigenvalue weighted by atomic mass is 19.1. The molecule has 0 aromatic carbocycles. The molecule has 124 valence electrons. The van der Waals surface area contributed by atoms with E-state index >= 15 is 0 Å². The molecular formula is C18H19FN4O. The van der Waals surface area contributed by atoms with E-state index in [2.05, 4.69) is 27.0 Å². The van der Waals surface area contributed by atoms with Crippen molar-refractivity contribution in [2.24, 2.45) is 11.8 Å². The van der Waals surface area contributed by atoms with Crippen LogP contribution >= 0.6 is 0 Å². The summed E-state index contributed by atoms with van der Waals surface area (Å²) in [6.07, 6.45) is 5.08. The quantitative estimate of drug-likeness (QED) is 0.801. The lowest BCUT2D eigenvalue weighted by Gasteiger charge is -2.53. The first-order valence-corrected chi connectivity index (χ1v) is 8.48. The van der Waals surface area contributed by atoms with Crippen LogP contribution in [0, 0.1) is 11.8 Å². The number of halogens is 1. The molecular weight excluding hydrogens is 307 g/mol. The van der Waals surface area contributed by atoms with Gasteiger partial charge in [0.1, 0.15) is 18.1 Å². The number of nitrogens with zero attached hydrogens (tertiary/aromatic N) is 3. The average Bonchev–Trinajstić information content (AvgIpc) is 3.00. The van der Waals surface area contributed by atoms with Crippen LogP contribution in [0.25, 0.3) is 21.9 Å². The Morgan fingerprint density at radius 2 is 2.08 bits per heavy atom. The zero-order valence-electron chi connectivity index (χ0n) is 13.3. The monoisotopic (exact) mass is 326 g/mol. The van der Waals surface area contributed by atoms with E-state index in [9.17, 15) is 4.39 Å². The predicted molar refractivity (Wildman–Crippen MR) is 90.9 cm³/mol. The summed E-state index contributed by atoms with van der Waals surface area (Å²) in [4.78, 5) is 14.7. The summed E-state index contributed by atoms with van der Waals surface area (Å²) >= 11 is 0. The Morgan fingerprint density at radius 1 is 1.21 bits per heavy atom. The molecule has 1 saturated carbocycles. The number of aromatic amines is 1. The van der Waals surface area contributed by atoms with Gasteiger partial charge in [-0.05, 0) is 24.6 Å². The molecule has 3 aliphatic rings. The minimum absolute atomic E-state index is 0.227. The third kappa shape index (κ3) is 2.09. The molecule has 2 atom stereocenters. The lowest BCUT2D eigenvalue weighted by Crippen LogP contribution is -2.59. The molecule has 2 unspecified atom stereocenters. The van der Waals surface area contributed by atoms with Gasteiger partial charge in [-0.1, -0.05) is 0 Å². The van der Waals surface area contributed by atoms with Crippen LogP contribution in [0.3, 0.4) is 0 Å². The lowest BCUT2D eigenvalue weighted by molar-refractivity contribution is -0.106. The highest BCUT2D eigenvalue weighted by Crippen LogP contribution is 2.43. The van der Waals surface area contributed by atoms with E-state index in [0.717, 1.165) is 40.8 Å². The number of piperidine rings is 2. The predicted octanol–water partition coefficient (Wildman–Crippen LogP) is 2.92. The second-order valence-corrected chi connectivity index (χ2v) is 6.80. The van der Waals surface area contributed by atoms with Crippen LogP contribution in [0.1, 0.15) is 6.42 Å². The van der Waals surface area contributed by atoms with Crippen molar-refractivity contribution in [2.45, 2.75) is 12.5 Å². The van der Waals surface area contributed by atoms with Crippen molar-refractivity contribution < 1.29 is 9.13 Å². The van der Waals surface area contributed by atoms with Crippen molar-refractivity contribution in [3.63, 3.8) is 0 Å². The maximum atomic E-state index is 12.3. The van der Waals surface area contributed by atoms with Gasteiger partial charge in [0.2, 0.25) is 0 Å². The Bertz CT molecular complexity index is 883. The molecule has 5 nitrogen and oxygen atoms in total. The van der Waals surface area contributed by atoms with Crippen LogP contribution in [0.15, 0.2) is 30.6 Å². The van der Waals surface area contributed by atoms with Crippen LogP contribution < -0.4 is 4.90 Å². The zero-order valence-corrected chi connectivity index (χ0v) is 13.3. The Balaban J connectivity index is 1.41. The highest BCUT2D eigenvalue weighted by Gasteiger charge is 2.47. The Morgan fingerprint density at radius 3 is 2.92 bits per heavy atom. The third-order valence-electron chi connectivity index (χ3n) is 5.40.